The monoisotopic (exact) mass is 408 g/mol. The van der Waals surface area contributed by atoms with E-state index in [-0.39, 0.29) is 36.5 Å². The van der Waals surface area contributed by atoms with Gasteiger partial charge in [0.15, 0.2) is 0 Å². The minimum atomic E-state index is -0.986. The molecule has 1 fully saturated rings. The van der Waals surface area contributed by atoms with Gasteiger partial charge in [-0.3, -0.25) is 9.59 Å². The van der Waals surface area contributed by atoms with Crippen molar-refractivity contribution in [3.63, 3.8) is 0 Å². The molecule has 1 heterocycles. The van der Waals surface area contributed by atoms with Crippen molar-refractivity contribution in [1.29, 1.82) is 0 Å². The maximum Gasteiger partial charge on any atom is 0.258 e. The largest absolute Gasteiger partial charge is 0.378 e. The molecule has 2 unspecified atom stereocenters. The van der Waals surface area contributed by atoms with Gasteiger partial charge in [0.25, 0.3) is 5.56 Å². The number of rotatable bonds is 6. The third-order valence-electron chi connectivity index (χ3n) is 5.88. The Morgan fingerprint density at radius 1 is 1.36 bits per heavy atom. The lowest BCUT2D eigenvalue weighted by Crippen LogP contribution is -2.76. The summed E-state index contributed by atoms with van der Waals surface area (Å²) in [5, 5.41) is 0.533. The van der Waals surface area contributed by atoms with E-state index in [9.17, 15) is 9.59 Å². The Balaban J connectivity index is 0.00000280. The van der Waals surface area contributed by atoms with Gasteiger partial charge in [-0.25, -0.2) is 4.98 Å². The lowest BCUT2D eigenvalue weighted by atomic mass is 9.54. The van der Waals surface area contributed by atoms with E-state index in [1.165, 1.54) is 0 Å². The van der Waals surface area contributed by atoms with Crippen LogP contribution in [0.4, 0.5) is 0 Å². The molecular weight excluding hydrogens is 380 g/mol. The molecule has 0 spiro atoms. The SMILES string of the molecule is CCOC1CC(N)(C(=O)N(CC)Cc2nc3ccccc3c(=O)[nH]2)C1(C)C.Cl. The van der Waals surface area contributed by atoms with E-state index in [2.05, 4.69) is 9.97 Å². The number of hydrogen-bond acceptors (Lipinski definition) is 5. The van der Waals surface area contributed by atoms with Gasteiger partial charge in [-0.2, -0.15) is 0 Å². The first-order valence-corrected chi connectivity index (χ1v) is 9.42. The summed E-state index contributed by atoms with van der Waals surface area (Å²) in [5.74, 6) is 0.317. The first-order chi connectivity index (χ1) is 12.7. The van der Waals surface area contributed by atoms with Crippen LogP contribution in [0.25, 0.3) is 10.9 Å². The molecule has 0 saturated heterocycles. The number of H-pyrrole nitrogens is 1. The summed E-state index contributed by atoms with van der Waals surface area (Å²) >= 11 is 0. The van der Waals surface area contributed by atoms with Crippen molar-refractivity contribution in [2.45, 2.75) is 52.3 Å². The maximum absolute atomic E-state index is 13.2. The highest BCUT2D eigenvalue weighted by molar-refractivity contribution is 5.89. The van der Waals surface area contributed by atoms with Crippen LogP contribution in [0.1, 0.15) is 39.9 Å². The molecule has 1 aliphatic rings. The molecule has 0 bridgehead atoms. The number of nitrogens with one attached hydrogen (secondary N) is 1. The van der Waals surface area contributed by atoms with Gasteiger partial charge in [-0.15, -0.1) is 12.4 Å². The highest BCUT2D eigenvalue weighted by Crippen LogP contribution is 2.50. The molecular formula is C20H29ClN4O3. The van der Waals surface area contributed by atoms with E-state index >= 15 is 0 Å². The lowest BCUT2D eigenvalue weighted by molar-refractivity contribution is -0.179. The Hall–Kier alpha value is -1.96. The number of nitrogens with zero attached hydrogens (tertiary/aromatic N) is 2. The van der Waals surface area contributed by atoms with Crippen LogP contribution in [0, 0.1) is 5.41 Å². The summed E-state index contributed by atoms with van der Waals surface area (Å²) < 4.78 is 5.72. The molecule has 1 saturated carbocycles. The topological polar surface area (TPSA) is 101 Å². The van der Waals surface area contributed by atoms with Gasteiger partial charge in [-0.05, 0) is 26.0 Å². The van der Waals surface area contributed by atoms with E-state index < -0.39 is 11.0 Å². The second kappa shape index (κ2) is 8.19. The highest BCUT2D eigenvalue weighted by Gasteiger charge is 2.63. The molecule has 0 aliphatic heterocycles. The molecule has 3 N–H and O–H groups in total. The molecule has 1 amide bonds. The number of carbonyl (C=O) groups is 1. The van der Waals surface area contributed by atoms with Crippen LogP contribution in [0.2, 0.25) is 0 Å². The number of hydrogen-bond donors (Lipinski definition) is 2. The third-order valence-corrected chi connectivity index (χ3v) is 5.88. The fourth-order valence-electron chi connectivity index (χ4n) is 3.80. The van der Waals surface area contributed by atoms with Crippen molar-refractivity contribution in [1.82, 2.24) is 14.9 Å². The van der Waals surface area contributed by atoms with Gasteiger partial charge < -0.3 is 20.4 Å². The van der Waals surface area contributed by atoms with Gasteiger partial charge in [0.1, 0.15) is 11.4 Å². The minimum Gasteiger partial charge on any atom is -0.378 e. The van der Waals surface area contributed by atoms with Crippen molar-refractivity contribution < 1.29 is 9.53 Å². The zero-order valence-corrected chi connectivity index (χ0v) is 17.6. The number of carbonyl (C=O) groups excluding carboxylic acids is 1. The molecule has 2 aromatic rings. The molecule has 1 aromatic heterocycles. The van der Waals surface area contributed by atoms with Crippen LogP contribution < -0.4 is 11.3 Å². The van der Waals surface area contributed by atoms with E-state index in [0.29, 0.717) is 36.3 Å². The average molecular weight is 409 g/mol. The third kappa shape index (κ3) is 3.54. The summed E-state index contributed by atoms with van der Waals surface area (Å²) in [7, 11) is 0. The Bertz CT molecular complexity index is 914. The summed E-state index contributed by atoms with van der Waals surface area (Å²) in [6, 6.07) is 7.15. The number of amides is 1. The van der Waals surface area contributed by atoms with E-state index in [4.69, 9.17) is 10.5 Å². The number of aromatic amines is 1. The van der Waals surface area contributed by atoms with Gasteiger partial charge in [0.2, 0.25) is 5.91 Å². The normalized spacial score (nSPS) is 23.0. The summed E-state index contributed by atoms with van der Waals surface area (Å²) in [6.45, 7) is 9.06. The van der Waals surface area contributed by atoms with Gasteiger partial charge >= 0.3 is 0 Å². The molecule has 1 aliphatic carbocycles. The van der Waals surface area contributed by atoms with Crippen LogP contribution in [-0.4, -0.2) is 45.6 Å². The second-order valence-electron chi connectivity index (χ2n) is 7.69. The van der Waals surface area contributed by atoms with E-state index in [1.54, 1.807) is 23.1 Å². The quantitative estimate of drug-likeness (QED) is 0.763. The van der Waals surface area contributed by atoms with Crippen LogP contribution in [0.15, 0.2) is 29.1 Å². The molecule has 0 radical (unpaired) electrons. The predicted octanol–water partition coefficient (Wildman–Crippen LogP) is 2.23. The lowest BCUT2D eigenvalue weighted by Gasteiger charge is -2.58. The first-order valence-electron chi connectivity index (χ1n) is 9.42. The van der Waals surface area contributed by atoms with E-state index in [0.717, 1.165) is 0 Å². The number of benzene rings is 1. The van der Waals surface area contributed by atoms with Crippen molar-refractivity contribution in [3.8, 4) is 0 Å². The standard InChI is InChI=1S/C20H28N4O3.ClH/c1-5-24(18(26)20(21)11-15(27-6-2)19(20,3)4)12-16-22-14-10-8-7-9-13(14)17(25)23-16;/h7-10,15H,5-6,11-12,21H2,1-4H3,(H,22,23,25);1H. The number of aromatic nitrogens is 2. The van der Waals surface area contributed by atoms with Crippen LogP contribution in [0.5, 0.6) is 0 Å². The van der Waals surface area contributed by atoms with Crippen molar-refractivity contribution in [2.24, 2.45) is 11.1 Å². The van der Waals surface area contributed by atoms with Crippen LogP contribution in [-0.2, 0) is 16.1 Å². The van der Waals surface area contributed by atoms with Gasteiger partial charge in [-0.1, -0.05) is 26.0 Å². The fraction of sp³-hybridized carbons (Fsp3) is 0.550. The number of likely N-dealkylation sites (N-methyl/N-ethyl adjacent to an activating group) is 1. The molecule has 3 rings (SSSR count). The van der Waals surface area contributed by atoms with Crippen LogP contribution >= 0.6 is 12.4 Å². The van der Waals surface area contributed by atoms with Gasteiger partial charge in [0, 0.05) is 25.0 Å². The number of fused-ring (bicyclic) bond motifs is 1. The Morgan fingerprint density at radius 2 is 2.04 bits per heavy atom. The van der Waals surface area contributed by atoms with Crippen molar-refractivity contribution in [2.75, 3.05) is 13.2 Å². The molecule has 7 nitrogen and oxygen atoms in total. The Kier molecular flexibility index (Phi) is 6.53. The maximum atomic E-state index is 13.2. The number of halogens is 1. The summed E-state index contributed by atoms with van der Waals surface area (Å²) in [5.41, 5.74) is 5.49. The van der Waals surface area contributed by atoms with Crippen LogP contribution in [0.3, 0.4) is 0 Å². The Morgan fingerprint density at radius 3 is 2.64 bits per heavy atom. The molecule has 28 heavy (non-hydrogen) atoms. The number of nitrogens with two attached hydrogens (primary N) is 1. The van der Waals surface area contributed by atoms with Crippen molar-refractivity contribution in [3.05, 3.63) is 40.4 Å². The average Bonchev–Trinajstić information content (AvgIpc) is 2.65. The first kappa shape index (κ1) is 22.3. The van der Waals surface area contributed by atoms with E-state index in [1.807, 2.05) is 33.8 Å². The molecule has 8 heteroatoms. The number of para-hydroxylation sites is 1. The van der Waals surface area contributed by atoms with Crippen molar-refractivity contribution >= 4 is 29.2 Å². The zero-order valence-electron chi connectivity index (χ0n) is 16.8. The predicted molar refractivity (Wildman–Crippen MR) is 111 cm³/mol. The molecule has 154 valence electrons. The molecule has 2 atom stereocenters. The number of ether oxygens (including phenoxy) is 1. The second-order valence-corrected chi connectivity index (χ2v) is 7.69. The smallest absolute Gasteiger partial charge is 0.258 e. The zero-order chi connectivity index (χ0) is 19.8. The summed E-state index contributed by atoms with van der Waals surface area (Å²) in [6.07, 6.45) is 0.457. The van der Waals surface area contributed by atoms with Gasteiger partial charge in [0.05, 0.1) is 23.6 Å². The minimum absolute atomic E-state index is 0. The fourth-order valence-corrected chi connectivity index (χ4v) is 3.80. The highest BCUT2D eigenvalue weighted by atomic mass is 35.5. The Labute approximate surface area is 171 Å². The summed E-state index contributed by atoms with van der Waals surface area (Å²) in [4.78, 5) is 34.4. The molecule has 1 aromatic carbocycles.